The Bertz CT molecular complexity index is 457. The molecule has 1 fully saturated rings. The number of aromatic amines is 1. The number of hydrogen-bond acceptors (Lipinski definition) is 3. The van der Waals surface area contributed by atoms with E-state index in [4.69, 9.17) is 5.73 Å². The molecule has 0 radical (unpaired) electrons. The number of nitrogens with two attached hydrogens (primary N) is 1. The van der Waals surface area contributed by atoms with E-state index < -0.39 is 0 Å². The van der Waals surface area contributed by atoms with Crippen LogP contribution in [0.1, 0.15) is 37.4 Å². The first-order valence-corrected chi connectivity index (χ1v) is 5.88. The standard InChI is InChI=1S/C12H16N4/c13-9-3-1-2-8(6-9)12-15-10-4-5-14-7-11(10)16-12/h4-5,7-9H,1-3,6,13H2,(H,15,16). The number of nitrogens with zero attached hydrogens (tertiary/aromatic N) is 2. The molecule has 3 N–H and O–H groups in total. The number of hydrogen-bond donors (Lipinski definition) is 2. The Balaban J connectivity index is 1.93. The minimum absolute atomic E-state index is 0.338. The number of fused-ring (bicyclic) bond motifs is 1. The van der Waals surface area contributed by atoms with Gasteiger partial charge >= 0.3 is 0 Å². The Morgan fingerprint density at radius 1 is 1.38 bits per heavy atom. The van der Waals surface area contributed by atoms with Gasteiger partial charge in [0.25, 0.3) is 0 Å². The minimum atomic E-state index is 0.338. The molecule has 0 amide bonds. The minimum Gasteiger partial charge on any atom is -0.340 e. The van der Waals surface area contributed by atoms with E-state index in [1.807, 2.05) is 12.3 Å². The molecule has 0 spiro atoms. The monoisotopic (exact) mass is 216 g/mol. The molecule has 2 aromatic rings. The Morgan fingerprint density at radius 3 is 3.12 bits per heavy atom. The van der Waals surface area contributed by atoms with E-state index in [1.165, 1.54) is 12.8 Å². The van der Waals surface area contributed by atoms with E-state index in [0.29, 0.717) is 12.0 Å². The fourth-order valence-corrected chi connectivity index (χ4v) is 2.55. The van der Waals surface area contributed by atoms with Crippen molar-refractivity contribution in [3.63, 3.8) is 0 Å². The highest BCUT2D eigenvalue weighted by molar-refractivity contribution is 5.73. The van der Waals surface area contributed by atoms with Crippen LogP contribution in [0.25, 0.3) is 11.0 Å². The van der Waals surface area contributed by atoms with Crippen LogP contribution < -0.4 is 5.73 Å². The molecule has 4 heteroatoms. The molecule has 2 unspecified atom stereocenters. The summed E-state index contributed by atoms with van der Waals surface area (Å²) >= 11 is 0. The van der Waals surface area contributed by atoms with Crippen LogP contribution in [-0.4, -0.2) is 21.0 Å². The normalized spacial score (nSPS) is 26.1. The van der Waals surface area contributed by atoms with Gasteiger partial charge in [0.1, 0.15) is 5.82 Å². The second kappa shape index (κ2) is 3.87. The molecular weight excluding hydrogens is 200 g/mol. The van der Waals surface area contributed by atoms with Crippen molar-refractivity contribution in [2.75, 3.05) is 0 Å². The molecule has 2 atom stereocenters. The van der Waals surface area contributed by atoms with E-state index in [0.717, 1.165) is 29.7 Å². The first kappa shape index (κ1) is 9.78. The second-order valence-electron chi connectivity index (χ2n) is 4.64. The highest BCUT2D eigenvalue weighted by atomic mass is 14.9. The predicted octanol–water partition coefficient (Wildman–Crippen LogP) is 1.94. The van der Waals surface area contributed by atoms with Gasteiger partial charge < -0.3 is 10.7 Å². The number of nitrogens with one attached hydrogen (secondary N) is 1. The first-order chi connectivity index (χ1) is 7.83. The first-order valence-electron chi connectivity index (χ1n) is 5.88. The number of H-pyrrole nitrogens is 1. The molecule has 2 heterocycles. The van der Waals surface area contributed by atoms with Crippen LogP contribution >= 0.6 is 0 Å². The summed E-state index contributed by atoms with van der Waals surface area (Å²) in [6, 6.07) is 2.28. The average molecular weight is 216 g/mol. The molecule has 84 valence electrons. The SMILES string of the molecule is NC1CCCC(c2nc3ccncc3[nH]2)C1. The van der Waals surface area contributed by atoms with Crippen LogP contribution in [0.15, 0.2) is 18.5 Å². The van der Waals surface area contributed by atoms with Gasteiger partial charge in [-0.3, -0.25) is 4.98 Å². The van der Waals surface area contributed by atoms with Crippen molar-refractivity contribution < 1.29 is 0 Å². The van der Waals surface area contributed by atoms with E-state index in [9.17, 15) is 0 Å². The van der Waals surface area contributed by atoms with Gasteiger partial charge in [0, 0.05) is 18.2 Å². The maximum atomic E-state index is 6.00. The molecule has 0 aliphatic heterocycles. The summed E-state index contributed by atoms with van der Waals surface area (Å²) in [5.74, 6) is 1.58. The van der Waals surface area contributed by atoms with Gasteiger partial charge in [-0.15, -0.1) is 0 Å². The Morgan fingerprint density at radius 2 is 2.31 bits per heavy atom. The summed E-state index contributed by atoms with van der Waals surface area (Å²) in [6.45, 7) is 0. The molecule has 4 nitrogen and oxygen atoms in total. The van der Waals surface area contributed by atoms with Crippen LogP contribution in [0.2, 0.25) is 0 Å². The molecule has 0 saturated heterocycles. The lowest BCUT2D eigenvalue weighted by molar-refractivity contribution is 0.384. The second-order valence-corrected chi connectivity index (χ2v) is 4.64. The van der Waals surface area contributed by atoms with Gasteiger partial charge in [0.15, 0.2) is 0 Å². The van der Waals surface area contributed by atoms with Crippen LogP contribution in [0.5, 0.6) is 0 Å². The van der Waals surface area contributed by atoms with Crippen molar-refractivity contribution >= 4 is 11.0 Å². The van der Waals surface area contributed by atoms with Crippen LogP contribution in [0, 0.1) is 0 Å². The number of aromatic nitrogens is 3. The molecule has 16 heavy (non-hydrogen) atoms. The van der Waals surface area contributed by atoms with Crippen LogP contribution in [0.3, 0.4) is 0 Å². The molecule has 0 bridgehead atoms. The summed E-state index contributed by atoms with van der Waals surface area (Å²) in [5.41, 5.74) is 8.03. The maximum Gasteiger partial charge on any atom is 0.110 e. The van der Waals surface area contributed by atoms with Gasteiger partial charge in [0.2, 0.25) is 0 Å². The molecule has 3 rings (SSSR count). The average Bonchev–Trinajstić information content (AvgIpc) is 2.72. The predicted molar refractivity (Wildman–Crippen MR) is 63.1 cm³/mol. The highest BCUT2D eigenvalue weighted by Crippen LogP contribution is 2.31. The van der Waals surface area contributed by atoms with Crippen molar-refractivity contribution in [3.8, 4) is 0 Å². The largest absolute Gasteiger partial charge is 0.340 e. The summed E-state index contributed by atoms with van der Waals surface area (Å²) in [4.78, 5) is 12.1. The summed E-state index contributed by atoms with van der Waals surface area (Å²) in [5, 5.41) is 0. The third-order valence-corrected chi connectivity index (χ3v) is 3.40. The van der Waals surface area contributed by atoms with E-state index in [-0.39, 0.29) is 0 Å². The molecular formula is C12H16N4. The summed E-state index contributed by atoms with van der Waals surface area (Å²) in [7, 11) is 0. The number of pyridine rings is 1. The van der Waals surface area contributed by atoms with Gasteiger partial charge in [-0.2, -0.15) is 0 Å². The topological polar surface area (TPSA) is 67.6 Å². The van der Waals surface area contributed by atoms with Crippen molar-refractivity contribution in [2.45, 2.75) is 37.6 Å². The lowest BCUT2D eigenvalue weighted by Crippen LogP contribution is -2.27. The zero-order chi connectivity index (χ0) is 11.0. The Labute approximate surface area is 94.3 Å². The third kappa shape index (κ3) is 1.69. The van der Waals surface area contributed by atoms with Gasteiger partial charge in [-0.1, -0.05) is 6.42 Å². The van der Waals surface area contributed by atoms with Crippen molar-refractivity contribution in [2.24, 2.45) is 5.73 Å². The van der Waals surface area contributed by atoms with Crippen molar-refractivity contribution in [3.05, 3.63) is 24.3 Å². The van der Waals surface area contributed by atoms with E-state index in [1.54, 1.807) is 6.20 Å². The lowest BCUT2D eigenvalue weighted by atomic mass is 9.86. The van der Waals surface area contributed by atoms with Crippen molar-refractivity contribution in [1.29, 1.82) is 0 Å². The smallest absolute Gasteiger partial charge is 0.110 e. The van der Waals surface area contributed by atoms with E-state index >= 15 is 0 Å². The summed E-state index contributed by atoms with van der Waals surface area (Å²) < 4.78 is 0. The van der Waals surface area contributed by atoms with Gasteiger partial charge in [-0.25, -0.2) is 4.98 Å². The lowest BCUT2D eigenvalue weighted by Gasteiger charge is -2.24. The maximum absolute atomic E-state index is 6.00. The summed E-state index contributed by atoms with van der Waals surface area (Å²) in [6.07, 6.45) is 8.21. The fourth-order valence-electron chi connectivity index (χ4n) is 2.55. The number of rotatable bonds is 1. The Hall–Kier alpha value is -1.42. The Kier molecular flexibility index (Phi) is 2.36. The van der Waals surface area contributed by atoms with E-state index in [2.05, 4.69) is 15.0 Å². The molecule has 1 saturated carbocycles. The van der Waals surface area contributed by atoms with Crippen LogP contribution in [0.4, 0.5) is 0 Å². The zero-order valence-electron chi connectivity index (χ0n) is 9.19. The van der Waals surface area contributed by atoms with Crippen molar-refractivity contribution in [1.82, 2.24) is 15.0 Å². The molecule has 0 aromatic carbocycles. The molecule has 1 aliphatic carbocycles. The quantitative estimate of drug-likeness (QED) is 0.765. The molecule has 2 aromatic heterocycles. The van der Waals surface area contributed by atoms with Gasteiger partial charge in [-0.05, 0) is 25.3 Å². The highest BCUT2D eigenvalue weighted by Gasteiger charge is 2.23. The zero-order valence-corrected chi connectivity index (χ0v) is 9.19. The van der Waals surface area contributed by atoms with Gasteiger partial charge in [0.05, 0.1) is 17.2 Å². The molecule has 1 aliphatic rings. The van der Waals surface area contributed by atoms with Crippen LogP contribution in [-0.2, 0) is 0 Å². The third-order valence-electron chi connectivity index (χ3n) is 3.40. The fraction of sp³-hybridized carbons (Fsp3) is 0.500. The number of imidazole rings is 1.